The van der Waals surface area contributed by atoms with Gasteiger partial charge in [-0.05, 0) is 18.8 Å². The Balaban J connectivity index is 3.36. The van der Waals surface area contributed by atoms with E-state index < -0.39 is 0 Å². The summed E-state index contributed by atoms with van der Waals surface area (Å²) in [4.78, 5) is 0. The van der Waals surface area contributed by atoms with Gasteiger partial charge < -0.3 is 10.2 Å². The molecule has 2 heteroatoms. The Bertz CT molecular complexity index is 108. The van der Waals surface area contributed by atoms with Crippen LogP contribution in [0.15, 0.2) is 12.2 Å². The van der Waals surface area contributed by atoms with Gasteiger partial charge in [-0.1, -0.05) is 26.0 Å². The molecule has 0 aliphatic carbocycles. The topological polar surface area (TPSA) is 40.5 Å². The Kier molecular flexibility index (Phi) is 6.18. The maximum atomic E-state index is 9.15. The second kappa shape index (κ2) is 6.38. The summed E-state index contributed by atoms with van der Waals surface area (Å²) in [6.45, 7) is 4.25. The van der Waals surface area contributed by atoms with E-state index in [0.717, 1.165) is 0 Å². The van der Waals surface area contributed by atoms with Crippen molar-refractivity contribution in [3.05, 3.63) is 12.2 Å². The number of aliphatic hydroxyl groups is 2. The predicted molar refractivity (Wildman–Crippen MR) is 46.3 cm³/mol. The molecule has 11 heavy (non-hydrogen) atoms. The van der Waals surface area contributed by atoms with Crippen molar-refractivity contribution in [1.82, 2.24) is 0 Å². The van der Waals surface area contributed by atoms with Crippen molar-refractivity contribution < 1.29 is 10.2 Å². The van der Waals surface area contributed by atoms with Crippen LogP contribution >= 0.6 is 0 Å². The molecule has 0 radical (unpaired) electrons. The second-order valence-electron chi connectivity index (χ2n) is 3.07. The average molecular weight is 158 g/mol. The Morgan fingerprint density at radius 3 is 2.45 bits per heavy atom. The zero-order valence-electron chi connectivity index (χ0n) is 7.33. The van der Waals surface area contributed by atoms with Gasteiger partial charge in [-0.15, -0.1) is 0 Å². The van der Waals surface area contributed by atoms with Gasteiger partial charge >= 0.3 is 0 Å². The van der Waals surface area contributed by atoms with E-state index in [1.807, 2.05) is 6.08 Å². The summed E-state index contributed by atoms with van der Waals surface area (Å²) < 4.78 is 0. The molecule has 0 aromatic rings. The predicted octanol–water partition coefficient (Wildman–Crippen LogP) is 1.33. The van der Waals surface area contributed by atoms with Crippen LogP contribution in [0.5, 0.6) is 0 Å². The van der Waals surface area contributed by atoms with E-state index in [0.29, 0.717) is 18.8 Å². The highest BCUT2D eigenvalue weighted by atomic mass is 16.3. The standard InChI is InChI=1S/C9H18O2/c1-8(2)4-3-5-9(11)6-7-10/h3-4,8-11H,5-7H2,1-2H3. The number of hydrogen-bond donors (Lipinski definition) is 2. The summed E-state index contributed by atoms with van der Waals surface area (Å²) in [5.74, 6) is 0.538. The molecule has 0 heterocycles. The molecule has 0 amide bonds. The second-order valence-corrected chi connectivity index (χ2v) is 3.07. The fraction of sp³-hybridized carbons (Fsp3) is 0.778. The van der Waals surface area contributed by atoms with Crippen LogP contribution in [0.3, 0.4) is 0 Å². The zero-order chi connectivity index (χ0) is 8.69. The van der Waals surface area contributed by atoms with Crippen LogP contribution in [0.1, 0.15) is 26.7 Å². The molecular formula is C9H18O2. The first kappa shape index (κ1) is 10.7. The van der Waals surface area contributed by atoms with Crippen molar-refractivity contribution in [3.63, 3.8) is 0 Å². The summed E-state index contributed by atoms with van der Waals surface area (Å²) in [6, 6.07) is 0. The van der Waals surface area contributed by atoms with Crippen LogP contribution < -0.4 is 0 Å². The molecule has 0 aliphatic heterocycles. The Morgan fingerprint density at radius 2 is 2.00 bits per heavy atom. The third-order valence-corrected chi connectivity index (χ3v) is 1.39. The van der Waals surface area contributed by atoms with Crippen molar-refractivity contribution >= 4 is 0 Å². The zero-order valence-corrected chi connectivity index (χ0v) is 7.33. The van der Waals surface area contributed by atoms with E-state index >= 15 is 0 Å². The van der Waals surface area contributed by atoms with Crippen molar-refractivity contribution in [1.29, 1.82) is 0 Å². The fourth-order valence-electron chi connectivity index (χ4n) is 0.775. The van der Waals surface area contributed by atoms with E-state index in [-0.39, 0.29) is 12.7 Å². The van der Waals surface area contributed by atoms with Gasteiger partial charge in [0.2, 0.25) is 0 Å². The lowest BCUT2D eigenvalue weighted by Gasteiger charge is -2.04. The van der Waals surface area contributed by atoms with Crippen LogP contribution in [0, 0.1) is 5.92 Å². The number of aliphatic hydroxyl groups excluding tert-OH is 2. The maximum Gasteiger partial charge on any atom is 0.0596 e. The van der Waals surface area contributed by atoms with E-state index in [1.165, 1.54) is 0 Å². The lowest BCUT2D eigenvalue weighted by atomic mass is 10.1. The van der Waals surface area contributed by atoms with Crippen molar-refractivity contribution in [2.24, 2.45) is 5.92 Å². The molecule has 2 nitrogen and oxygen atoms in total. The minimum Gasteiger partial charge on any atom is -0.396 e. The van der Waals surface area contributed by atoms with Gasteiger partial charge in [0.1, 0.15) is 0 Å². The highest BCUT2D eigenvalue weighted by Crippen LogP contribution is 2.01. The molecule has 0 rings (SSSR count). The first-order valence-corrected chi connectivity index (χ1v) is 4.12. The molecule has 1 unspecified atom stereocenters. The minimum absolute atomic E-state index is 0.0662. The summed E-state index contributed by atoms with van der Waals surface area (Å²) in [5, 5.41) is 17.6. The normalized spacial score (nSPS) is 14.6. The number of rotatable bonds is 5. The molecule has 0 spiro atoms. The summed E-state index contributed by atoms with van der Waals surface area (Å²) >= 11 is 0. The van der Waals surface area contributed by atoms with Gasteiger partial charge in [-0.25, -0.2) is 0 Å². The van der Waals surface area contributed by atoms with Gasteiger partial charge in [0.25, 0.3) is 0 Å². The molecular weight excluding hydrogens is 140 g/mol. The van der Waals surface area contributed by atoms with Crippen LogP contribution in [-0.4, -0.2) is 22.9 Å². The lowest BCUT2D eigenvalue weighted by Crippen LogP contribution is -2.06. The van der Waals surface area contributed by atoms with E-state index in [4.69, 9.17) is 10.2 Å². The third-order valence-electron chi connectivity index (χ3n) is 1.39. The lowest BCUT2D eigenvalue weighted by molar-refractivity contribution is 0.135. The highest BCUT2D eigenvalue weighted by molar-refractivity contribution is 4.86. The van der Waals surface area contributed by atoms with Crippen molar-refractivity contribution in [3.8, 4) is 0 Å². The minimum atomic E-state index is -0.380. The van der Waals surface area contributed by atoms with Gasteiger partial charge in [0, 0.05) is 6.61 Å². The maximum absolute atomic E-state index is 9.15. The number of allylic oxidation sites excluding steroid dienone is 1. The molecule has 2 N–H and O–H groups in total. The molecule has 0 saturated carbocycles. The van der Waals surface area contributed by atoms with Gasteiger partial charge in [0.15, 0.2) is 0 Å². The third kappa shape index (κ3) is 7.56. The Labute approximate surface area is 68.6 Å². The quantitative estimate of drug-likeness (QED) is 0.593. The molecule has 66 valence electrons. The summed E-state index contributed by atoms with van der Waals surface area (Å²) in [7, 11) is 0. The molecule has 0 aromatic heterocycles. The molecule has 0 aromatic carbocycles. The van der Waals surface area contributed by atoms with Crippen molar-refractivity contribution in [2.75, 3.05) is 6.61 Å². The first-order valence-electron chi connectivity index (χ1n) is 4.12. The smallest absolute Gasteiger partial charge is 0.0596 e. The Morgan fingerprint density at radius 1 is 1.36 bits per heavy atom. The molecule has 0 aliphatic rings. The fourth-order valence-corrected chi connectivity index (χ4v) is 0.775. The van der Waals surface area contributed by atoms with Crippen LogP contribution in [0.2, 0.25) is 0 Å². The summed E-state index contributed by atoms with van der Waals surface area (Å²) in [5.41, 5.74) is 0. The summed E-state index contributed by atoms with van der Waals surface area (Å²) in [6.07, 6.45) is 4.77. The number of hydrogen-bond acceptors (Lipinski definition) is 2. The first-order chi connectivity index (χ1) is 5.16. The molecule has 0 fully saturated rings. The molecule has 1 atom stereocenters. The van der Waals surface area contributed by atoms with Crippen LogP contribution in [0.4, 0.5) is 0 Å². The van der Waals surface area contributed by atoms with Gasteiger partial charge in [0.05, 0.1) is 6.10 Å². The average Bonchev–Trinajstić information content (AvgIpc) is 1.87. The van der Waals surface area contributed by atoms with Crippen molar-refractivity contribution in [2.45, 2.75) is 32.8 Å². The Hall–Kier alpha value is -0.340. The SMILES string of the molecule is CC(C)C=CCC(O)CCO. The molecule has 0 saturated heterocycles. The monoisotopic (exact) mass is 158 g/mol. The van der Waals surface area contributed by atoms with Crippen LogP contribution in [0.25, 0.3) is 0 Å². The van der Waals surface area contributed by atoms with E-state index in [9.17, 15) is 0 Å². The van der Waals surface area contributed by atoms with Gasteiger partial charge in [-0.3, -0.25) is 0 Å². The van der Waals surface area contributed by atoms with E-state index in [2.05, 4.69) is 19.9 Å². The van der Waals surface area contributed by atoms with Crippen LogP contribution in [-0.2, 0) is 0 Å². The van der Waals surface area contributed by atoms with E-state index in [1.54, 1.807) is 0 Å². The largest absolute Gasteiger partial charge is 0.396 e. The molecule has 0 bridgehead atoms. The van der Waals surface area contributed by atoms with Gasteiger partial charge in [-0.2, -0.15) is 0 Å². The highest BCUT2D eigenvalue weighted by Gasteiger charge is 1.98.